The summed E-state index contributed by atoms with van der Waals surface area (Å²) in [6.07, 6.45) is 3.43. The number of halogens is 1. The van der Waals surface area contributed by atoms with Crippen molar-refractivity contribution < 1.29 is 4.79 Å². The standard InChI is InChI=1S/C24H17ClN4OS/c1-15-16(5-4-6-18(15)24-28-21-7-2-3-8-23(21)31-24)11-22(30)19-12-17(9-10-20(19)25)29-13-26-27-14-29/h2-10,12-14H,11H2,1H3. The molecule has 0 aliphatic carbocycles. The maximum atomic E-state index is 13.2. The Morgan fingerprint density at radius 1 is 1.03 bits per heavy atom. The number of fused-ring (bicyclic) bond motifs is 1. The molecule has 5 aromatic rings. The Kier molecular flexibility index (Phi) is 5.10. The predicted octanol–water partition coefficient (Wildman–Crippen LogP) is 5.93. The van der Waals surface area contributed by atoms with Crippen molar-refractivity contribution in [3.8, 4) is 16.3 Å². The summed E-state index contributed by atoms with van der Waals surface area (Å²) in [6, 6.07) is 19.5. The molecule has 152 valence electrons. The predicted molar refractivity (Wildman–Crippen MR) is 124 cm³/mol. The number of carbonyl (C=O) groups is 1. The van der Waals surface area contributed by atoms with E-state index in [4.69, 9.17) is 16.6 Å². The number of benzene rings is 3. The van der Waals surface area contributed by atoms with Crippen molar-refractivity contribution in [3.63, 3.8) is 0 Å². The van der Waals surface area contributed by atoms with Crippen molar-refractivity contribution in [2.45, 2.75) is 13.3 Å². The zero-order valence-electron chi connectivity index (χ0n) is 16.6. The lowest BCUT2D eigenvalue weighted by Crippen LogP contribution is -2.07. The van der Waals surface area contributed by atoms with Crippen molar-refractivity contribution in [2.75, 3.05) is 0 Å². The van der Waals surface area contributed by atoms with Crippen LogP contribution >= 0.6 is 22.9 Å². The van der Waals surface area contributed by atoms with E-state index in [1.807, 2.05) is 43.3 Å². The van der Waals surface area contributed by atoms with Gasteiger partial charge in [-0.1, -0.05) is 41.9 Å². The summed E-state index contributed by atoms with van der Waals surface area (Å²) in [5, 5.41) is 9.03. The Bertz CT molecular complexity index is 1380. The maximum absolute atomic E-state index is 13.2. The third-order valence-corrected chi connectivity index (χ3v) is 6.69. The topological polar surface area (TPSA) is 60.7 Å². The van der Waals surface area contributed by atoms with Crippen LogP contribution in [0.1, 0.15) is 21.5 Å². The van der Waals surface area contributed by atoms with Crippen molar-refractivity contribution in [3.05, 3.63) is 95.0 Å². The third-order valence-electron chi connectivity index (χ3n) is 5.29. The highest BCUT2D eigenvalue weighted by Gasteiger charge is 2.16. The van der Waals surface area contributed by atoms with Gasteiger partial charge in [-0.15, -0.1) is 21.5 Å². The molecule has 0 aliphatic heterocycles. The number of rotatable bonds is 5. The zero-order chi connectivity index (χ0) is 21.4. The summed E-state index contributed by atoms with van der Waals surface area (Å²) < 4.78 is 2.89. The second kappa shape index (κ2) is 8.06. The number of Topliss-reactive ketones (excluding diaryl/α,β-unsaturated/α-hetero) is 1. The highest BCUT2D eigenvalue weighted by Crippen LogP contribution is 2.33. The summed E-state index contributed by atoms with van der Waals surface area (Å²) in [5.74, 6) is -0.0375. The SMILES string of the molecule is Cc1c(CC(=O)c2cc(-n3cnnc3)ccc2Cl)cccc1-c1nc2ccccc2s1. The van der Waals surface area contributed by atoms with E-state index in [9.17, 15) is 4.79 Å². The first-order chi connectivity index (χ1) is 15.1. The lowest BCUT2D eigenvalue weighted by molar-refractivity contribution is 0.0993. The minimum atomic E-state index is -0.0375. The molecule has 7 heteroatoms. The van der Waals surface area contributed by atoms with Crippen LogP contribution in [0.3, 0.4) is 0 Å². The van der Waals surface area contributed by atoms with Crippen LogP contribution in [0.5, 0.6) is 0 Å². The van der Waals surface area contributed by atoms with Crippen molar-refractivity contribution in [1.29, 1.82) is 0 Å². The molecule has 0 saturated carbocycles. The molecule has 0 saturated heterocycles. The van der Waals surface area contributed by atoms with Gasteiger partial charge in [0.15, 0.2) is 5.78 Å². The van der Waals surface area contributed by atoms with E-state index in [1.165, 1.54) is 0 Å². The Morgan fingerprint density at radius 2 is 1.84 bits per heavy atom. The van der Waals surface area contributed by atoms with Gasteiger partial charge in [-0.2, -0.15) is 0 Å². The molecule has 0 radical (unpaired) electrons. The second-order valence-corrected chi connectivity index (χ2v) is 8.65. The van der Waals surface area contributed by atoms with Gasteiger partial charge in [0.05, 0.1) is 15.2 Å². The average molecular weight is 445 g/mol. The number of hydrogen-bond donors (Lipinski definition) is 0. The van der Waals surface area contributed by atoms with Crippen LogP contribution in [0.2, 0.25) is 5.02 Å². The van der Waals surface area contributed by atoms with Crippen LogP contribution in [-0.4, -0.2) is 25.5 Å². The van der Waals surface area contributed by atoms with Gasteiger partial charge >= 0.3 is 0 Å². The average Bonchev–Trinajstić information content (AvgIpc) is 3.45. The Balaban J connectivity index is 1.47. The summed E-state index contributed by atoms with van der Waals surface area (Å²) in [6.45, 7) is 2.04. The first kappa shape index (κ1) is 19.6. The summed E-state index contributed by atoms with van der Waals surface area (Å²) in [7, 11) is 0. The van der Waals surface area contributed by atoms with Gasteiger partial charge in [0.1, 0.15) is 17.7 Å². The molecule has 2 heterocycles. The van der Waals surface area contributed by atoms with E-state index in [0.29, 0.717) is 10.6 Å². The van der Waals surface area contributed by atoms with Crippen molar-refractivity contribution in [1.82, 2.24) is 19.7 Å². The summed E-state index contributed by atoms with van der Waals surface area (Å²) in [5.41, 5.74) is 5.33. The smallest absolute Gasteiger partial charge is 0.168 e. The first-order valence-electron chi connectivity index (χ1n) is 9.72. The molecule has 0 amide bonds. The van der Waals surface area contributed by atoms with Crippen LogP contribution < -0.4 is 0 Å². The van der Waals surface area contributed by atoms with Gasteiger partial charge in [-0.05, 0) is 48.4 Å². The lowest BCUT2D eigenvalue weighted by Gasteiger charge is -2.11. The molecule has 0 bridgehead atoms. The molecule has 5 rings (SSSR count). The Hall–Kier alpha value is -3.35. The molecule has 0 atom stereocenters. The minimum absolute atomic E-state index is 0.0375. The molecule has 0 unspecified atom stereocenters. The fourth-order valence-corrected chi connectivity index (χ4v) is 4.86. The highest BCUT2D eigenvalue weighted by molar-refractivity contribution is 7.21. The fraction of sp³-hybridized carbons (Fsp3) is 0.0833. The van der Waals surface area contributed by atoms with Crippen molar-refractivity contribution in [2.24, 2.45) is 0 Å². The van der Waals surface area contributed by atoms with Gasteiger partial charge in [-0.25, -0.2) is 4.98 Å². The number of para-hydroxylation sites is 1. The van der Waals surface area contributed by atoms with Crippen LogP contribution in [0.15, 0.2) is 73.3 Å². The molecule has 0 N–H and O–H groups in total. The Labute approximate surface area is 188 Å². The number of thiazole rings is 1. The minimum Gasteiger partial charge on any atom is -0.294 e. The quantitative estimate of drug-likeness (QED) is 0.315. The molecule has 0 spiro atoms. The molecule has 3 aromatic carbocycles. The lowest BCUT2D eigenvalue weighted by atomic mass is 9.96. The van der Waals surface area contributed by atoms with E-state index in [-0.39, 0.29) is 12.2 Å². The van der Waals surface area contributed by atoms with Crippen LogP contribution in [0.4, 0.5) is 0 Å². The second-order valence-electron chi connectivity index (χ2n) is 7.21. The van der Waals surface area contributed by atoms with E-state index in [0.717, 1.165) is 37.6 Å². The van der Waals surface area contributed by atoms with Crippen molar-refractivity contribution >= 4 is 38.9 Å². The molecular formula is C24H17ClN4OS. The molecule has 5 nitrogen and oxygen atoms in total. The van der Waals surface area contributed by atoms with E-state index < -0.39 is 0 Å². The molecule has 31 heavy (non-hydrogen) atoms. The van der Waals surface area contributed by atoms with Gasteiger partial charge in [0.25, 0.3) is 0 Å². The highest BCUT2D eigenvalue weighted by atomic mass is 35.5. The van der Waals surface area contributed by atoms with Gasteiger partial charge in [-0.3, -0.25) is 9.36 Å². The molecular weight excluding hydrogens is 428 g/mol. The zero-order valence-corrected chi connectivity index (χ0v) is 18.2. The molecule has 0 aliphatic rings. The van der Waals surface area contributed by atoms with E-state index >= 15 is 0 Å². The largest absolute Gasteiger partial charge is 0.294 e. The molecule has 0 fully saturated rings. The first-order valence-corrected chi connectivity index (χ1v) is 10.9. The summed E-state index contributed by atoms with van der Waals surface area (Å²) in [4.78, 5) is 17.9. The fourth-order valence-electron chi connectivity index (χ4n) is 3.58. The number of hydrogen-bond acceptors (Lipinski definition) is 5. The maximum Gasteiger partial charge on any atom is 0.168 e. The monoisotopic (exact) mass is 444 g/mol. The number of carbonyl (C=O) groups excluding carboxylic acids is 1. The van der Waals surface area contributed by atoms with Gasteiger partial charge < -0.3 is 0 Å². The summed E-state index contributed by atoms with van der Waals surface area (Å²) >= 11 is 8.02. The number of nitrogens with zero attached hydrogens (tertiary/aromatic N) is 4. The van der Waals surface area contributed by atoms with Crippen LogP contribution in [-0.2, 0) is 6.42 Å². The van der Waals surface area contributed by atoms with Gasteiger partial charge in [0, 0.05) is 23.2 Å². The normalized spacial score (nSPS) is 11.2. The van der Waals surface area contributed by atoms with Crippen LogP contribution in [0, 0.1) is 6.92 Å². The van der Waals surface area contributed by atoms with Crippen LogP contribution in [0.25, 0.3) is 26.5 Å². The van der Waals surface area contributed by atoms with Gasteiger partial charge in [0.2, 0.25) is 0 Å². The molecule has 2 aromatic heterocycles. The Morgan fingerprint density at radius 3 is 2.65 bits per heavy atom. The van der Waals surface area contributed by atoms with E-state index in [2.05, 4.69) is 22.3 Å². The third kappa shape index (κ3) is 3.76. The van der Waals surface area contributed by atoms with E-state index in [1.54, 1.807) is 40.7 Å². The number of ketones is 1. The number of aromatic nitrogens is 4.